The van der Waals surface area contributed by atoms with Crippen LogP contribution in [-0.2, 0) is 21.6 Å². The lowest BCUT2D eigenvalue weighted by atomic mass is 9.81. The van der Waals surface area contributed by atoms with Gasteiger partial charge in [-0.05, 0) is 36.5 Å². The Morgan fingerprint density at radius 3 is 2.03 bits per heavy atom. The number of hydrogen-bond donors (Lipinski definition) is 0. The lowest BCUT2D eigenvalue weighted by Gasteiger charge is -2.36. The number of halogens is 2. The third-order valence-corrected chi connectivity index (χ3v) is 7.13. The van der Waals surface area contributed by atoms with Crippen molar-refractivity contribution in [3.8, 4) is 0 Å². The fourth-order valence-electron chi connectivity index (χ4n) is 4.95. The van der Waals surface area contributed by atoms with Crippen LogP contribution in [0.4, 0.5) is 8.78 Å². The Morgan fingerprint density at radius 2 is 1.42 bits per heavy atom. The first kappa shape index (κ1) is 30.2. The molecular formula is C31H45F2O3-. The van der Waals surface area contributed by atoms with Crippen molar-refractivity contribution in [1.82, 2.24) is 0 Å². The van der Waals surface area contributed by atoms with E-state index in [4.69, 9.17) is 4.74 Å². The molecule has 0 spiro atoms. The molecule has 2 unspecified atom stereocenters. The summed E-state index contributed by atoms with van der Waals surface area (Å²) in [5, 5.41) is 11.4. The zero-order valence-corrected chi connectivity index (χ0v) is 22.3. The molecule has 202 valence electrons. The highest BCUT2D eigenvalue weighted by Crippen LogP contribution is 2.45. The van der Waals surface area contributed by atoms with E-state index in [9.17, 15) is 14.3 Å². The van der Waals surface area contributed by atoms with Crippen LogP contribution < -0.4 is 5.11 Å². The number of carbonyl (C=O) groups is 1. The third kappa shape index (κ3) is 8.83. The first-order valence-electron chi connectivity index (χ1n) is 14.2. The second kappa shape index (κ2) is 16.7. The topological polar surface area (TPSA) is 49.4 Å². The maximum absolute atomic E-state index is 15.7. The van der Waals surface area contributed by atoms with Gasteiger partial charge in [0.05, 0.1) is 11.9 Å². The summed E-state index contributed by atoms with van der Waals surface area (Å²) in [5.41, 5.74) is -0.277. The van der Waals surface area contributed by atoms with Gasteiger partial charge in [-0.2, -0.15) is 0 Å². The van der Waals surface area contributed by atoms with Crippen LogP contribution in [0.3, 0.4) is 0 Å². The van der Waals surface area contributed by atoms with Gasteiger partial charge in [0.1, 0.15) is 5.83 Å². The quantitative estimate of drug-likeness (QED) is 0.142. The molecule has 2 atom stereocenters. The zero-order chi connectivity index (χ0) is 26.2. The van der Waals surface area contributed by atoms with Crippen molar-refractivity contribution in [3.05, 3.63) is 59.2 Å². The lowest BCUT2D eigenvalue weighted by molar-refractivity contribution is -0.309. The maximum atomic E-state index is 15.7. The van der Waals surface area contributed by atoms with Gasteiger partial charge in [0.15, 0.2) is 11.4 Å². The van der Waals surface area contributed by atoms with E-state index >= 15 is 4.39 Å². The molecule has 0 heterocycles. The Kier molecular flexibility index (Phi) is 14.0. The fraction of sp³-hybridized carbons (Fsp3) is 0.645. The average molecular weight is 504 g/mol. The number of carboxylic acid groups (broad SMARTS) is 1. The highest BCUT2D eigenvalue weighted by atomic mass is 19.2. The molecule has 1 aromatic rings. The molecule has 5 heteroatoms. The first-order chi connectivity index (χ1) is 17.5. The summed E-state index contributed by atoms with van der Waals surface area (Å²) in [5.74, 6) is -5.89. The van der Waals surface area contributed by atoms with Crippen molar-refractivity contribution in [2.75, 3.05) is 6.61 Å². The van der Waals surface area contributed by atoms with Gasteiger partial charge in [-0.15, -0.1) is 0 Å². The summed E-state index contributed by atoms with van der Waals surface area (Å²) in [4.78, 5) is 11.4. The number of carboxylic acids is 1. The molecule has 0 saturated heterocycles. The van der Waals surface area contributed by atoms with E-state index in [0.717, 1.165) is 56.9 Å². The predicted octanol–water partition coefficient (Wildman–Crippen LogP) is 8.03. The van der Waals surface area contributed by atoms with E-state index in [-0.39, 0.29) is 6.61 Å². The molecule has 0 aromatic heterocycles. The summed E-state index contributed by atoms with van der Waals surface area (Å²) >= 11 is 0. The summed E-state index contributed by atoms with van der Waals surface area (Å²) in [6, 6.07) is 7.41. The number of benzene rings is 1. The van der Waals surface area contributed by atoms with Crippen LogP contribution in [0.1, 0.15) is 115 Å². The SMILES string of the molecule is CCCCCCCCCOC1(c2ccccc2CCCCCCCCC)C=CC(C(=O)[O-])C(F)=C1F. The minimum absolute atomic E-state index is 0.264. The van der Waals surface area contributed by atoms with Crippen molar-refractivity contribution >= 4 is 5.97 Å². The smallest absolute Gasteiger partial charge is 0.173 e. The molecule has 36 heavy (non-hydrogen) atoms. The van der Waals surface area contributed by atoms with Crippen molar-refractivity contribution in [2.45, 2.75) is 116 Å². The van der Waals surface area contributed by atoms with Gasteiger partial charge < -0.3 is 14.6 Å². The molecule has 0 amide bonds. The number of carbonyl (C=O) groups excluding carboxylic acids is 1. The number of aliphatic carboxylic acids is 1. The highest BCUT2D eigenvalue weighted by Gasteiger charge is 2.44. The number of ether oxygens (including phenoxy) is 1. The molecule has 1 aliphatic carbocycles. The molecule has 0 fully saturated rings. The molecule has 1 aliphatic rings. The van der Waals surface area contributed by atoms with E-state index in [1.165, 1.54) is 57.1 Å². The van der Waals surface area contributed by atoms with Crippen LogP contribution in [0.2, 0.25) is 0 Å². The van der Waals surface area contributed by atoms with Crippen molar-refractivity contribution < 1.29 is 23.4 Å². The van der Waals surface area contributed by atoms with Gasteiger partial charge in [-0.1, -0.05) is 121 Å². The van der Waals surface area contributed by atoms with Crippen molar-refractivity contribution in [3.63, 3.8) is 0 Å². The van der Waals surface area contributed by atoms with Crippen LogP contribution >= 0.6 is 0 Å². The Bertz CT molecular complexity index is 848. The summed E-state index contributed by atoms with van der Waals surface area (Å²) in [6.07, 6.45) is 19.0. The van der Waals surface area contributed by atoms with Crippen LogP contribution in [-0.4, -0.2) is 12.6 Å². The predicted molar refractivity (Wildman–Crippen MR) is 141 cm³/mol. The van der Waals surface area contributed by atoms with E-state index in [2.05, 4.69) is 13.8 Å². The van der Waals surface area contributed by atoms with Gasteiger partial charge >= 0.3 is 0 Å². The van der Waals surface area contributed by atoms with E-state index < -0.39 is 29.1 Å². The molecule has 0 N–H and O–H groups in total. The Morgan fingerprint density at radius 1 is 0.861 bits per heavy atom. The van der Waals surface area contributed by atoms with Crippen LogP contribution in [0.15, 0.2) is 48.1 Å². The summed E-state index contributed by atoms with van der Waals surface area (Å²) in [6.45, 7) is 4.65. The monoisotopic (exact) mass is 503 g/mol. The molecule has 2 rings (SSSR count). The van der Waals surface area contributed by atoms with Crippen LogP contribution in [0.25, 0.3) is 0 Å². The van der Waals surface area contributed by atoms with Gasteiger partial charge in [0.25, 0.3) is 0 Å². The van der Waals surface area contributed by atoms with Crippen molar-refractivity contribution in [1.29, 1.82) is 0 Å². The van der Waals surface area contributed by atoms with Gasteiger partial charge in [0, 0.05) is 6.61 Å². The molecule has 0 radical (unpaired) electrons. The summed E-state index contributed by atoms with van der Waals surface area (Å²) in [7, 11) is 0. The van der Waals surface area contributed by atoms with Crippen LogP contribution in [0.5, 0.6) is 0 Å². The highest BCUT2D eigenvalue weighted by molar-refractivity contribution is 5.74. The van der Waals surface area contributed by atoms with E-state index in [1.54, 1.807) is 12.1 Å². The molecule has 3 nitrogen and oxygen atoms in total. The Balaban J connectivity index is 2.15. The molecule has 0 bridgehead atoms. The zero-order valence-electron chi connectivity index (χ0n) is 22.3. The van der Waals surface area contributed by atoms with E-state index in [1.807, 2.05) is 12.1 Å². The van der Waals surface area contributed by atoms with Gasteiger partial charge in [-0.25, -0.2) is 8.78 Å². The van der Waals surface area contributed by atoms with Gasteiger partial charge in [0.2, 0.25) is 0 Å². The van der Waals surface area contributed by atoms with Crippen LogP contribution in [0, 0.1) is 5.92 Å². The maximum Gasteiger partial charge on any atom is 0.173 e. The second-order valence-electron chi connectivity index (χ2n) is 10.1. The standard InChI is InChI=1S/C31H46F2O3/c1-3-5-7-9-11-13-15-19-25-20-16-17-21-27(25)31(36-24-18-14-12-10-8-6-4-2)23-22-26(30(34)35)28(32)29(31)33/h16-17,20-23,26H,3-15,18-19,24H2,1-2H3,(H,34,35)/p-1. The molecule has 0 aliphatic heterocycles. The molecular weight excluding hydrogens is 458 g/mol. The number of hydrogen-bond acceptors (Lipinski definition) is 3. The Labute approximate surface area is 217 Å². The molecule has 1 aromatic carbocycles. The van der Waals surface area contributed by atoms with Gasteiger partial charge in [-0.3, -0.25) is 0 Å². The number of rotatable bonds is 19. The minimum Gasteiger partial charge on any atom is -0.549 e. The summed E-state index contributed by atoms with van der Waals surface area (Å²) < 4.78 is 36.8. The largest absolute Gasteiger partial charge is 0.549 e. The minimum atomic E-state index is -1.74. The first-order valence-corrected chi connectivity index (χ1v) is 14.2. The second-order valence-corrected chi connectivity index (χ2v) is 10.1. The van der Waals surface area contributed by atoms with Crippen molar-refractivity contribution in [2.24, 2.45) is 5.92 Å². The number of unbranched alkanes of at least 4 members (excludes halogenated alkanes) is 12. The lowest BCUT2D eigenvalue weighted by Crippen LogP contribution is -2.38. The molecule has 0 saturated carbocycles. The Hall–Kier alpha value is -2.01. The fourth-order valence-corrected chi connectivity index (χ4v) is 4.95. The third-order valence-electron chi connectivity index (χ3n) is 7.13. The number of aryl methyl sites for hydroxylation is 1. The average Bonchev–Trinajstić information content (AvgIpc) is 2.87. The van der Waals surface area contributed by atoms with E-state index in [0.29, 0.717) is 5.56 Å². The normalized spacial score (nSPS) is 19.7.